The van der Waals surface area contributed by atoms with Crippen LogP contribution in [0.1, 0.15) is 31.9 Å². The minimum Gasteiger partial charge on any atom is -0.481 e. The molecule has 1 N–H and O–H groups in total. The Hall–Kier alpha value is -1.06. The van der Waals surface area contributed by atoms with Crippen molar-refractivity contribution in [2.24, 2.45) is 0 Å². The molecule has 1 unspecified atom stereocenters. The number of carbonyl (C=O) groups is 1. The van der Waals surface area contributed by atoms with Crippen LogP contribution in [0.3, 0.4) is 0 Å². The van der Waals surface area contributed by atoms with Crippen molar-refractivity contribution >= 4 is 17.6 Å². The van der Waals surface area contributed by atoms with E-state index < -0.39 is 5.97 Å². The Kier molecular flexibility index (Phi) is 5.45. The summed E-state index contributed by atoms with van der Waals surface area (Å²) in [5.74, 6) is -0.790. The topological polar surface area (TPSA) is 40.5 Å². The smallest absolute Gasteiger partial charge is 0.305 e. The molecule has 0 radical (unpaired) electrons. The quantitative estimate of drug-likeness (QED) is 0.849. The third kappa shape index (κ3) is 4.02. The third-order valence-electron chi connectivity index (χ3n) is 2.85. The lowest BCUT2D eigenvalue weighted by molar-refractivity contribution is -0.138. The Balaban J connectivity index is 3.00. The number of hydrogen-bond acceptors (Lipinski definition) is 2. The molecule has 0 spiro atoms. The van der Waals surface area contributed by atoms with E-state index in [1.807, 2.05) is 32.0 Å². The van der Waals surface area contributed by atoms with E-state index in [1.54, 1.807) is 6.07 Å². The molecule has 1 aromatic rings. The van der Waals surface area contributed by atoms with E-state index in [0.29, 0.717) is 5.02 Å². The average Bonchev–Trinajstić information content (AvgIpc) is 2.29. The summed E-state index contributed by atoms with van der Waals surface area (Å²) in [6, 6.07) is 7.31. The predicted molar refractivity (Wildman–Crippen MR) is 69.4 cm³/mol. The van der Waals surface area contributed by atoms with E-state index in [4.69, 9.17) is 16.7 Å². The Morgan fingerprint density at radius 1 is 1.41 bits per heavy atom. The van der Waals surface area contributed by atoms with E-state index in [0.717, 1.165) is 18.7 Å². The Bertz CT molecular complexity index is 377. The summed E-state index contributed by atoms with van der Waals surface area (Å²) in [7, 11) is 0. The molecule has 0 saturated heterocycles. The number of benzene rings is 1. The number of carboxylic acid groups (broad SMARTS) is 1. The van der Waals surface area contributed by atoms with Crippen LogP contribution in [0.15, 0.2) is 24.3 Å². The highest BCUT2D eigenvalue weighted by molar-refractivity contribution is 6.30. The summed E-state index contributed by atoms with van der Waals surface area (Å²) in [6.07, 6.45) is 0.0992. The van der Waals surface area contributed by atoms with Crippen LogP contribution < -0.4 is 0 Å². The first-order chi connectivity index (χ1) is 8.08. The molecule has 1 aromatic carbocycles. The van der Waals surface area contributed by atoms with Gasteiger partial charge in [-0.05, 0) is 30.8 Å². The average molecular weight is 256 g/mol. The van der Waals surface area contributed by atoms with Gasteiger partial charge in [-0.3, -0.25) is 9.69 Å². The van der Waals surface area contributed by atoms with Gasteiger partial charge >= 0.3 is 5.97 Å². The fraction of sp³-hybridized carbons (Fsp3) is 0.462. The van der Waals surface area contributed by atoms with Crippen LogP contribution in [0.4, 0.5) is 0 Å². The van der Waals surface area contributed by atoms with Crippen molar-refractivity contribution in [3.05, 3.63) is 34.9 Å². The van der Waals surface area contributed by atoms with Gasteiger partial charge in [0.2, 0.25) is 0 Å². The number of aliphatic carboxylic acids is 1. The number of halogens is 1. The van der Waals surface area contributed by atoms with Gasteiger partial charge < -0.3 is 5.11 Å². The molecule has 0 aromatic heterocycles. The van der Waals surface area contributed by atoms with Gasteiger partial charge in [0.25, 0.3) is 0 Å². The number of hydrogen-bond donors (Lipinski definition) is 1. The van der Waals surface area contributed by atoms with Crippen molar-refractivity contribution in [3.8, 4) is 0 Å². The van der Waals surface area contributed by atoms with Gasteiger partial charge in [-0.25, -0.2) is 0 Å². The third-order valence-corrected chi connectivity index (χ3v) is 3.09. The van der Waals surface area contributed by atoms with Crippen molar-refractivity contribution in [2.45, 2.75) is 26.3 Å². The molecule has 0 aliphatic heterocycles. The molecule has 4 heteroatoms. The van der Waals surface area contributed by atoms with Crippen LogP contribution in [0.25, 0.3) is 0 Å². The zero-order chi connectivity index (χ0) is 12.8. The molecule has 0 bridgehead atoms. The largest absolute Gasteiger partial charge is 0.481 e. The second-order valence-corrected chi connectivity index (χ2v) is 4.33. The van der Waals surface area contributed by atoms with Crippen molar-refractivity contribution < 1.29 is 9.90 Å². The van der Waals surface area contributed by atoms with E-state index in [9.17, 15) is 4.79 Å². The van der Waals surface area contributed by atoms with Crippen molar-refractivity contribution in [2.75, 3.05) is 13.1 Å². The van der Waals surface area contributed by atoms with Crippen molar-refractivity contribution in [1.82, 2.24) is 4.90 Å². The first-order valence-electron chi connectivity index (χ1n) is 5.79. The minimum absolute atomic E-state index is 0.0992. The molecule has 0 aliphatic carbocycles. The highest BCUT2D eigenvalue weighted by Gasteiger charge is 2.21. The van der Waals surface area contributed by atoms with Crippen LogP contribution in [-0.4, -0.2) is 29.1 Å². The molecule has 17 heavy (non-hydrogen) atoms. The van der Waals surface area contributed by atoms with Crippen LogP contribution in [-0.2, 0) is 4.79 Å². The van der Waals surface area contributed by atoms with E-state index >= 15 is 0 Å². The van der Waals surface area contributed by atoms with E-state index in [-0.39, 0.29) is 12.5 Å². The second kappa shape index (κ2) is 6.62. The Morgan fingerprint density at radius 2 is 2.06 bits per heavy atom. The van der Waals surface area contributed by atoms with Crippen molar-refractivity contribution in [1.29, 1.82) is 0 Å². The highest BCUT2D eigenvalue weighted by atomic mass is 35.5. The van der Waals surface area contributed by atoms with Gasteiger partial charge in [-0.1, -0.05) is 37.6 Å². The van der Waals surface area contributed by atoms with Crippen LogP contribution in [0.2, 0.25) is 5.02 Å². The van der Waals surface area contributed by atoms with E-state index in [1.165, 1.54) is 0 Å². The fourth-order valence-electron chi connectivity index (χ4n) is 2.00. The summed E-state index contributed by atoms with van der Waals surface area (Å²) in [5.41, 5.74) is 0.962. The van der Waals surface area contributed by atoms with Gasteiger partial charge in [0.1, 0.15) is 0 Å². The molecule has 3 nitrogen and oxygen atoms in total. The van der Waals surface area contributed by atoms with Crippen LogP contribution >= 0.6 is 11.6 Å². The standard InChI is InChI=1S/C13H18ClNO2/c1-3-15(4-2)12(9-13(16)17)10-6-5-7-11(14)8-10/h5-8,12H,3-4,9H2,1-2H3,(H,16,17). The van der Waals surface area contributed by atoms with Crippen molar-refractivity contribution in [3.63, 3.8) is 0 Å². The number of nitrogens with zero attached hydrogens (tertiary/aromatic N) is 1. The summed E-state index contributed by atoms with van der Waals surface area (Å²) >= 11 is 5.95. The second-order valence-electron chi connectivity index (χ2n) is 3.89. The summed E-state index contributed by atoms with van der Waals surface area (Å²) in [4.78, 5) is 13.1. The highest BCUT2D eigenvalue weighted by Crippen LogP contribution is 2.26. The van der Waals surface area contributed by atoms with Gasteiger partial charge in [-0.2, -0.15) is 0 Å². The first kappa shape index (κ1) is 14.0. The molecule has 1 rings (SSSR count). The molecule has 1 atom stereocenters. The molecule has 0 saturated carbocycles. The zero-order valence-corrected chi connectivity index (χ0v) is 10.9. The molecule has 0 amide bonds. The fourth-order valence-corrected chi connectivity index (χ4v) is 2.20. The lowest BCUT2D eigenvalue weighted by Gasteiger charge is -2.29. The molecular formula is C13H18ClNO2. The number of carboxylic acids is 1. The molecule has 0 heterocycles. The normalized spacial score (nSPS) is 12.7. The molecule has 94 valence electrons. The van der Waals surface area contributed by atoms with Crippen LogP contribution in [0, 0.1) is 0 Å². The lowest BCUT2D eigenvalue weighted by Crippen LogP contribution is -2.30. The summed E-state index contributed by atoms with van der Waals surface area (Å²) in [5, 5.41) is 9.64. The van der Waals surface area contributed by atoms with Gasteiger partial charge in [-0.15, -0.1) is 0 Å². The zero-order valence-electron chi connectivity index (χ0n) is 10.2. The monoisotopic (exact) mass is 255 g/mol. The van der Waals surface area contributed by atoms with Gasteiger partial charge in [0.15, 0.2) is 0 Å². The summed E-state index contributed by atoms with van der Waals surface area (Å²) < 4.78 is 0. The van der Waals surface area contributed by atoms with Gasteiger partial charge in [0.05, 0.1) is 6.42 Å². The SMILES string of the molecule is CCN(CC)C(CC(=O)O)c1cccc(Cl)c1. The first-order valence-corrected chi connectivity index (χ1v) is 6.17. The minimum atomic E-state index is -0.790. The Labute approximate surface area is 107 Å². The maximum absolute atomic E-state index is 10.9. The summed E-state index contributed by atoms with van der Waals surface area (Å²) in [6.45, 7) is 5.70. The van der Waals surface area contributed by atoms with Gasteiger partial charge in [0, 0.05) is 11.1 Å². The predicted octanol–water partition coefficient (Wildman–Crippen LogP) is 3.20. The maximum Gasteiger partial charge on any atom is 0.305 e. The molecular weight excluding hydrogens is 238 g/mol. The number of rotatable bonds is 6. The van der Waals surface area contributed by atoms with Crippen LogP contribution in [0.5, 0.6) is 0 Å². The lowest BCUT2D eigenvalue weighted by atomic mass is 10.0. The molecule has 0 fully saturated rings. The Morgan fingerprint density at radius 3 is 2.53 bits per heavy atom. The maximum atomic E-state index is 10.9. The molecule has 0 aliphatic rings. The van der Waals surface area contributed by atoms with E-state index in [2.05, 4.69) is 4.90 Å².